The molecule has 2 rings (SSSR count). The summed E-state index contributed by atoms with van der Waals surface area (Å²) in [5.74, 6) is -1.12. The van der Waals surface area contributed by atoms with Gasteiger partial charge in [0, 0.05) is 12.1 Å². The summed E-state index contributed by atoms with van der Waals surface area (Å²) in [5.41, 5.74) is -0.712. The molecule has 1 aromatic rings. The average molecular weight is 303 g/mol. The average Bonchev–Trinajstić information content (AvgIpc) is 2.83. The van der Waals surface area contributed by atoms with Gasteiger partial charge < -0.3 is 5.32 Å². The highest BCUT2D eigenvalue weighted by molar-refractivity contribution is 7.92. The first-order valence-electron chi connectivity index (χ1n) is 6.05. The van der Waals surface area contributed by atoms with E-state index >= 15 is 0 Å². The lowest BCUT2D eigenvalue weighted by Crippen LogP contribution is -2.33. The summed E-state index contributed by atoms with van der Waals surface area (Å²) in [6.07, 6.45) is 1.66. The van der Waals surface area contributed by atoms with Crippen LogP contribution in [0.3, 0.4) is 0 Å². The first kappa shape index (κ1) is 14.7. The number of nitrogens with zero attached hydrogens (tertiary/aromatic N) is 1. The highest BCUT2D eigenvalue weighted by Crippen LogP contribution is 2.22. The van der Waals surface area contributed by atoms with Crippen LogP contribution in [0.4, 0.5) is 15.8 Å². The van der Waals surface area contributed by atoms with E-state index in [0.29, 0.717) is 6.07 Å². The highest BCUT2D eigenvalue weighted by Gasteiger charge is 2.23. The van der Waals surface area contributed by atoms with Crippen LogP contribution in [0.5, 0.6) is 0 Å². The predicted molar refractivity (Wildman–Crippen MR) is 71.5 cm³/mol. The smallest absolute Gasteiger partial charge is 0.272 e. The Bertz CT molecular complexity index is 614. The Hall–Kier alpha value is -1.74. The number of rotatable bonds is 5. The van der Waals surface area contributed by atoms with Crippen molar-refractivity contribution < 1.29 is 17.7 Å². The van der Waals surface area contributed by atoms with Crippen LogP contribution in [-0.4, -0.2) is 31.7 Å². The van der Waals surface area contributed by atoms with Crippen molar-refractivity contribution in [2.75, 3.05) is 17.0 Å². The van der Waals surface area contributed by atoms with E-state index in [1.54, 1.807) is 0 Å². The maximum atomic E-state index is 13.6. The van der Waals surface area contributed by atoms with Crippen LogP contribution in [0.2, 0.25) is 0 Å². The SMILES string of the molecule is O=[N+]([O-])c1ccc(NS(=O)(=O)CC2CCCN2)c(F)c1. The summed E-state index contributed by atoms with van der Waals surface area (Å²) < 4.78 is 39.5. The van der Waals surface area contributed by atoms with Gasteiger partial charge in [-0.05, 0) is 25.5 Å². The molecule has 1 unspecified atom stereocenters. The molecule has 0 amide bonds. The molecule has 9 heteroatoms. The van der Waals surface area contributed by atoms with Gasteiger partial charge in [-0.1, -0.05) is 0 Å². The number of sulfonamides is 1. The van der Waals surface area contributed by atoms with E-state index < -0.39 is 26.5 Å². The van der Waals surface area contributed by atoms with Gasteiger partial charge in [-0.2, -0.15) is 0 Å². The molecule has 1 aromatic carbocycles. The second-order valence-corrected chi connectivity index (χ2v) is 6.36. The second kappa shape index (κ2) is 5.71. The molecule has 20 heavy (non-hydrogen) atoms. The first-order valence-corrected chi connectivity index (χ1v) is 7.70. The van der Waals surface area contributed by atoms with Gasteiger partial charge in [0.25, 0.3) is 5.69 Å². The number of nitrogens with one attached hydrogen (secondary N) is 2. The normalized spacial score (nSPS) is 18.9. The van der Waals surface area contributed by atoms with Gasteiger partial charge in [0.2, 0.25) is 10.0 Å². The number of anilines is 1. The summed E-state index contributed by atoms with van der Waals surface area (Å²) in [6, 6.07) is 2.64. The largest absolute Gasteiger partial charge is 0.313 e. The molecule has 7 nitrogen and oxygen atoms in total. The lowest BCUT2D eigenvalue weighted by atomic mass is 10.3. The Morgan fingerprint density at radius 3 is 2.80 bits per heavy atom. The Morgan fingerprint density at radius 1 is 1.50 bits per heavy atom. The summed E-state index contributed by atoms with van der Waals surface area (Å²) in [7, 11) is -3.70. The van der Waals surface area contributed by atoms with Crippen LogP contribution in [-0.2, 0) is 10.0 Å². The molecule has 1 heterocycles. The topological polar surface area (TPSA) is 101 Å². The molecule has 1 atom stereocenters. The summed E-state index contributed by atoms with van der Waals surface area (Å²) in [4.78, 5) is 9.73. The van der Waals surface area contributed by atoms with Crippen molar-refractivity contribution in [1.82, 2.24) is 5.32 Å². The Kier molecular flexibility index (Phi) is 4.19. The van der Waals surface area contributed by atoms with Crippen molar-refractivity contribution in [3.05, 3.63) is 34.1 Å². The molecule has 0 spiro atoms. The van der Waals surface area contributed by atoms with Gasteiger partial charge in [-0.25, -0.2) is 12.8 Å². The van der Waals surface area contributed by atoms with E-state index in [1.807, 2.05) is 0 Å². The van der Waals surface area contributed by atoms with E-state index in [2.05, 4.69) is 10.0 Å². The van der Waals surface area contributed by atoms with E-state index in [-0.39, 0.29) is 17.5 Å². The molecule has 0 aromatic heterocycles. The highest BCUT2D eigenvalue weighted by atomic mass is 32.2. The molecule has 2 N–H and O–H groups in total. The maximum absolute atomic E-state index is 13.6. The molecule has 1 saturated heterocycles. The zero-order valence-corrected chi connectivity index (χ0v) is 11.3. The van der Waals surface area contributed by atoms with Gasteiger partial charge in [0.1, 0.15) is 0 Å². The number of halogens is 1. The van der Waals surface area contributed by atoms with Crippen LogP contribution in [0.1, 0.15) is 12.8 Å². The van der Waals surface area contributed by atoms with E-state index in [1.165, 1.54) is 0 Å². The zero-order valence-electron chi connectivity index (χ0n) is 10.5. The monoisotopic (exact) mass is 303 g/mol. The Balaban J connectivity index is 2.10. The number of non-ortho nitro benzene ring substituents is 1. The van der Waals surface area contributed by atoms with Gasteiger partial charge in [-0.15, -0.1) is 0 Å². The molecule has 0 aliphatic carbocycles. The molecule has 0 saturated carbocycles. The third-order valence-electron chi connectivity index (χ3n) is 3.01. The number of benzene rings is 1. The van der Waals surface area contributed by atoms with Gasteiger partial charge in [0.05, 0.1) is 22.4 Å². The third-order valence-corrected chi connectivity index (χ3v) is 4.38. The molecule has 1 fully saturated rings. The second-order valence-electron chi connectivity index (χ2n) is 4.60. The minimum absolute atomic E-state index is 0.145. The number of nitro benzene ring substituents is 1. The molecule has 110 valence electrons. The summed E-state index contributed by atoms with van der Waals surface area (Å²) >= 11 is 0. The molecular weight excluding hydrogens is 289 g/mol. The summed E-state index contributed by atoms with van der Waals surface area (Å²) in [5, 5.41) is 13.5. The van der Waals surface area contributed by atoms with Crippen molar-refractivity contribution in [2.45, 2.75) is 18.9 Å². The lowest BCUT2D eigenvalue weighted by Gasteiger charge is -2.13. The van der Waals surface area contributed by atoms with Crippen molar-refractivity contribution in [1.29, 1.82) is 0 Å². The zero-order chi connectivity index (χ0) is 14.8. The van der Waals surface area contributed by atoms with E-state index in [9.17, 15) is 22.9 Å². The Morgan fingerprint density at radius 2 is 2.25 bits per heavy atom. The minimum Gasteiger partial charge on any atom is -0.313 e. The fourth-order valence-corrected chi connectivity index (χ4v) is 3.47. The standard InChI is InChI=1S/C11H14FN3O4S/c12-10-6-9(15(16)17)3-4-11(10)14-20(18,19)7-8-2-1-5-13-8/h3-4,6,8,13-14H,1-2,5,7H2. The van der Waals surface area contributed by atoms with Crippen LogP contribution in [0.15, 0.2) is 18.2 Å². The van der Waals surface area contributed by atoms with Crippen molar-refractivity contribution in [2.24, 2.45) is 0 Å². The summed E-state index contributed by atoms with van der Waals surface area (Å²) in [6.45, 7) is 0.770. The first-order chi connectivity index (χ1) is 9.37. The van der Waals surface area contributed by atoms with Crippen LogP contribution < -0.4 is 10.0 Å². The van der Waals surface area contributed by atoms with Gasteiger partial charge in [0.15, 0.2) is 5.82 Å². The van der Waals surface area contributed by atoms with Crippen molar-refractivity contribution in [3.63, 3.8) is 0 Å². The van der Waals surface area contributed by atoms with E-state index in [4.69, 9.17) is 0 Å². The van der Waals surface area contributed by atoms with Crippen LogP contribution in [0, 0.1) is 15.9 Å². The molecular formula is C11H14FN3O4S. The number of hydrogen-bond donors (Lipinski definition) is 2. The van der Waals surface area contributed by atoms with E-state index in [0.717, 1.165) is 31.5 Å². The molecule has 0 bridgehead atoms. The van der Waals surface area contributed by atoms with Gasteiger partial charge >= 0.3 is 0 Å². The number of nitro groups is 1. The fraction of sp³-hybridized carbons (Fsp3) is 0.455. The predicted octanol–water partition coefficient (Wildman–Crippen LogP) is 1.23. The maximum Gasteiger partial charge on any atom is 0.272 e. The molecule has 1 aliphatic rings. The van der Waals surface area contributed by atoms with Crippen molar-refractivity contribution in [3.8, 4) is 0 Å². The van der Waals surface area contributed by atoms with Crippen LogP contribution in [0.25, 0.3) is 0 Å². The Labute approximate surface area is 115 Å². The van der Waals surface area contributed by atoms with Gasteiger partial charge in [-0.3, -0.25) is 14.8 Å². The van der Waals surface area contributed by atoms with Crippen molar-refractivity contribution >= 4 is 21.4 Å². The molecule has 0 radical (unpaired) electrons. The molecule has 1 aliphatic heterocycles. The quantitative estimate of drug-likeness (QED) is 0.629. The third kappa shape index (κ3) is 3.64. The fourth-order valence-electron chi connectivity index (χ4n) is 2.07. The lowest BCUT2D eigenvalue weighted by molar-refractivity contribution is -0.385. The minimum atomic E-state index is -3.70. The van der Waals surface area contributed by atoms with Crippen LogP contribution >= 0.6 is 0 Å². The number of hydrogen-bond acceptors (Lipinski definition) is 5.